The van der Waals surface area contributed by atoms with Crippen molar-refractivity contribution in [3.8, 4) is 0 Å². The first-order chi connectivity index (χ1) is 6.61. The summed E-state index contributed by atoms with van der Waals surface area (Å²) in [7, 11) is 0. The van der Waals surface area contributed by atoms with Crippen molar-refractivity contribution in [2.24, 2.45) is 0 Å². The molecule has 2 aliphatic rings. The normalized spacial score (nSPS) is 21.8. The Balaban J connectivity index is 0.000000280. The van der Waals surface area contributed by atoms with Crippen LogP contribution in [-0.2, 0) is 17.1 Å². The van der Waals surface area contributed by atoms with Gasteiger partial charge in [-0.25, -0.2) is 0 Å². The molecule has 0 heterocycles. The monoisotopic (exact) mass is 244 g/mol. The Kier molecular flexibility index (Phi) is 7.95. The van der Waals surface area contributed by atoms with Gasteiger partial charge in [0.15, 0.2) is 0 Å². The SMILES string of the molecule is CC(C)(O)[C]1[CH][CH][CH][CH]1.[CH]1[CH][CH][CH][CH]1.[Fe]. The van der Waals surface area contributed by atoms with Crippen LogP contribution in [0.2, 0.25) is 0 Å². The molecule has 82 valence electrons. The summed E-state index contributed by atoms with van der Waals surface area (Å²) in [5, 5.41) is 9.38. The average Bonchev–Trinajstić information content (AvgIpc) is 2.80. The molecule has 0 atom stereocenters. The number of hydrogen-bond donors (Lipinski definition) is 1. The van der Waals surface area contributed by atoms with Gasteiger partial charge in [-0.05, 0) is 71.6 Å². The Morgan fingerprint density at radius 2 is 1.13 bits per heavy atom. The van der Waals surface area contributed by atoms with Gasteiger partial charge >= 0.3 is 0 Å². The van der Waals surface area contributed by atoms with E-state index in [0.717, 1.165) is 5.92 Å². The van der Waals surface area contributed by atoms with Gasteiger partial charge in [-0.15, -0.1) is 0 Å². The third-order valence-corrected chi connectivity index (χ3v) is 1.92. The van der Waals surface area contributed by atoms with E-state index in [9.17, 15) is 5.11 Å². The van der Waals surface area contributed by atoms with Crippen molar-refractivity contribution in [2.45, 2.75) is 19.4 Å². The molecule has 0 aromatic carbocycles. The van der Waals surface area contributed by atoms with Crippen LogP contribution < -0.4 is 0 Å². The molecule has 0 aromatic heterocycles. The van der Waals surface area contributed by atoms with Crippen molar-refractivity contribution in [1.82, 2.24) is 0 Å². The smallest absolute Gasteiger partial charge is 0.0660 e. The minimum Gasteiger partial charge on any atom is -0.390 e. The van der Waals surface area contributed by atoms with Crippen LogP contribution in [0.1, 0.15) is 13.8 Å². The largest absolute Gasteiger partial charge is 0.390 e. The predicted octanol–water partition coefficient (Wildman–Crippen LogP) is 2.18. The molecule has 0 unspecified atom stereocenters. The zero-order chi connectivity index (χ0) is 10.4. The molecule has 0 spiro atoms. The summed E-state index contributed by atoms with van der Waals surface area (Å²) in [4.78, 5) is 0. The van der Waals surface area contributed by atoms with Crippen LogP contribution >= 0.6 is 0 Å². The second-order valence-corrected chi connectivity index (χ2v) is 3.69. The predicted molar refractivity (Wildman–Crippen MR) is 58.2 cm³/mol. The van der Waals surface area contributed by atoms with Gasteiger partial charge < -0.3 is 5.11 Å². The molecule has 2 rings (SSSR count). The van der Waals surface area contributed by atoms with Crippen LogP contribution in [0.25, 0.3) is 0 Å². The molecule has 10 radical (unpaired) electrons. The van der Waals surface area contributed by atoms with Crippen molar-refractivity contribution in [2.75, 3.05) is 0 Å². The Bertz CT molecular complexity index is 133. The van der Waals surface area contributed by atoms with Crippen LogP contribution in [0, 0.1) is 63.7 Å². The van der Waals surface area contributed by atoms with E-state index in [4.69, 9.17) is 0 Å². The van der Waals surface area contributed by atoms with Crippen LogP contribution in [-0.4, -0.2) is 10.7 Å². The summed E-state index contributed by atoms with van der Waals surface area (Å²) >= 11 is 0. The zero-order valence-corrected chi connectivity index (χ0v) is 10.1. The maximum Gasteiger partial charge on any atom is 0.0660 e. The fraction of sp³-hybridized carbons (Fsp3) is 0.231. The number of hydrogen-bond acceptors (Lipinski definition) is 1. The molecule has 15 heavy (non-hydrogen) atoms. The summed E-state index contributed by atoms with van der Waals surface area (Å²) < 4.78 is 0. The molecular formula is C13H16FeO. The Morgan fingerprint density at radius 1 is 0.800 bits per heavy atom. The number of rotatable bonds is 1. The summed E-state index contributed by atoms with van der Waals surface area (Å²) in [5.74, 6) is 0.975. The summed E-state index contributed by atoms with van der Waals surface area (Å²) in [6.07, 6.45) is 17.7. The van der Waals surface area contributed by atoms with E-state index in [1.165, 1.54) is 0 Å². The maximum absolute atomic E-state index is 9.38. The molecule has 0 aromatic rings. The van der Waals surface area contributed by atoms with Crippen molar-refractivity contribution in [3.63, 3.8) is 0 Å². The van der Waals surface area contributed by atoms with Crippen LogP contribution in [0.5, 0.6) is 0 Å². The van der Waals surface area contributed by atoms with E-state index in [-0.39, 0.29) is 17.1 Å². The third kappa shape index (κ3) is 6.60. The summed E-state index contributed by atoms with van der Waals surface area (Å²) in [5.41, 5.74) is -0.677. The van der Waals surface area contributed by atoms with Gasteiger partial charge in [-0.3, -0.25) is 0 Å². The van der Waals surface area contributed by atoms with Gasteiger partial charge in [-0.1, -0.05) is 0 Å². The van der Waals surface area contributed by atoms with Gasteiger partial charge in [0, 0.05) is 23.0 Å². The van der Waals surface area contributed by atoms with E-state index in [1.54, 1.807) is 13.8 Å². The minimum absolute atomic E-state index is 0. The molecule has 0 amide bonds. The van der Waals surface area contributed by atoms with Crippen LogP contribution in [0.15, 0.2) is 0 Å². The van der Waals surface area contributed by atoms with E-state index >= 15 is 0 Å². The molecule has 2 aliphatic carbocycles. The first kappa shape index (κ1) is 15.5. The van der Waals surface area contributed by atoms with Gasteiger partial charge in [0.25, 0.3) is 0 Å². The summed E-state index contributed by atoms with van der Waals surface area (Å²) in [6, 6.07) is 0. The Hall–Kier alpha value is 0.479. The van der Waals surface area contributed by atoms with Crippen molar-refractivity contribution in [1.29, 1.82) is 0 Å². The van der Waals surface area contributed by atoms with Gasteiger partial charge in [-0.2, -0.15) is 0 Å². The maximum atomic E-state index is 9.38. The fourth-order valence-corrected chi connectivity index (χ4v) is 1.10. The molecular weight excluding hydrogens is 228 g/mol. The van der Waals surface area contributed by atoms with Gasteiger partial charge in [0.2, 0.25) is 0 Å². The Labute approximate surface area is 106 Å². The average molecular weight is 244 g/mol. The van der Waals surface area contributed by atoms with Crippen molar-refractivity contribution >= 4 is 0 Å². The summed E-state index contributed by atoms with van der Waals surface area (Å²) in [6.45, 7) is 3.56. The van der Waals surface area contributed by atoms with E-state index in [0.29, 0.717) is 0 Å². The van der Waals surface area contributed by atoms with E-state index < -0.39 is 5.60 Å². The molecule has 1 N–H and O–H groups in total. The quantitative estimate of drug-likeness (QED) is 0.701. The second-order valence-electron chi connectivity index (χ2n) is 3.69. The second kappa shape index (κ2) is 7.70. The molecule has 0 saturated heterocycles. The molecule has 2 saturated carbocycles. The first-order valence-corrected chi connectivity index (χ1v) is 4.72. The minimum atomic E-state index is -0.677. The number of aliphatic hydroxyl groups is 1. The van der Waals surface area contributed by atoms with Crippen LogP contribution in [0.3, 0.4) is 0 Å². The molecule has 0 bridgehead atoms. The zero-order valence-electron chi connectivity index (χ0n) is 9.00. The van der Waals surface area contributed by atoms with Crippen molar-refractivity contribution in [3.05, 3.63) is 63.7 Å². The van der Waals surface area contributed by atoms with Crippen molar-refractivity contribution < 1.29 is 22.2 Å². The van der Waals surface area contributed by atoms with E-state index in [2.05, 4.69) is 0 Å². The van der Waals surface area contributed by atoms with Crippen LogP contribution in [0.4, 0.5) is 0 Å². The van der Waals surface area contributed by atoms with Gasteiger partial charge in [0.05, 0.1) is 5.60 Å². The molecule has 0 aliphatic heterocycles. The Morgan fingerprint density at radius 3 is 1.33 bits per heavy atom. The topological polar surface area (TPSA) is 20.2 Å². The molecule has 1 nitrogen and oxygen atoms in total. The fourth-order valence-electron chi connectivity index (χ4n) is 1.10. The first-order valence-electron chi connectivity index (χ1n) is 4.72. The van der Waals surface area contributed by atoms with Gasteiger partial charge in [0.1, 0.15) is 0 Å². The standard InChI is InChI=1S/C8H11O.C5H5.Fe/c1-8(2,9)7-5-3-4-6-7;1-2-4-5-3-1;/h3-6,9H,1-2H3;1-5H;. The molecule has 2 fully saturated rings. The van der Waals surface area contributed by atoms with E-state index in [1.807, 2.05) is 57.8 Å². The molecule has 2 heteroatoms. The third-order valence-electron chi connectivity index (χ3n) is 1.92.